The number of oxazole rings is 1. The number of aromatic nitrogens is 1. The molecule has 2 nitrogen and oxygen atoms in total. The molecule has 0 amide bonds. The van der Waals surface area contributed by atoms with Crippen molar-refractivity contribution in [2.24, 2.45) is 0 Å². The summed E-state index contributed by atoms with van der Waals surface area (Å²) >= 11 is 9.43. The Morgan fingerprint density at radius 2 is 2.00 bits per heavy atom. The van der Waals surface area contributed by atoms with Crippen molar-refractivity contribution in [2.75, 3.05) is 0 Å². The van der Waals surface area contributed by atoms with Gasteiger partial charge in [-0.2, -0.15) is 0 Å². The van der Waals surface area contributed by atoms with Crippen LogP contribution in [0.25, 0.3) is 22.6 Å². The van der Waals surface area contributed by atoms with Gasteiger partial charge < -0.3 is 4.42 Å². The summed E-state index contributed by atoms with van der Waals surface area (Å²) in [6, 6.07) is 11.6. The lowest BCUT2D eigenvalue weighted by Crippen LogP contribution is -1.78. The monoisotopic (exact) mass is 321 g/mol. The summed E-state index contributed by atoms with van der Waals surface area (Å²) in [4.78, 5) is 4.47. The fraction of sp³-hybridized carbons (Fsp3) is 0.0714. The molecule has 1 heterocycles. The molecule has 4 heteroatoms. The van der Waals surface area contributed by atoms with Crippen molar-refractivity contribution >= 4 is 38.6 Å². The average Bonchev–Trinajstić information content (AvgIpc) is 2.75. The van der Waals surface area contributed by atoms with Gasteiger partial charge in [-0.15, -0.1) is 0 Å². The van der Waals surface area contributed by atoms with E-state index in [1.165, 1.54) is 0 Å². The van der Waals surface area contributed by atoms with E-state index in [-0.39, 0.29) is 0 Å². The molecule has 0 atom stereocenters. The second kappa shape index (κ2) is 4.41. The van der Waals surface area contributed by atoms with Crippen molar-refractivity contribution in [1.82, 2.24) is 4.98 Å². The summed E-state index contributed by atoms with van der Waals surface area (Å²) in [7, 11) is 0. The fourth-order valence-corrected chi connectivity index (χ4v) is 2.22. The number of rotatable bonds is 1. The van der Waals surface area contributed by atoms with E-state index in [9.17, 15) is 0 Å². The zero-order valence-corrected chi connectivity index (χ0v) is 11.9. The van der Waals surface area contributed by atoms with Gasteiger partial charge in [0.05, 0.1) is 5.02 Å². The summed E-state index contributed by atoms with van der Waals surface area (Å²) in [5.74, 6) is 0.588. The van der Waals surface area contributed by atoms with Crippen LogP contribution in [0.3, 0.4) is 0 Å². The van der Waals surface area contributed by atoms with E-state index in [2.05, 4.69) is 20.9 Å². The molecule has 3 rings (SSSR count). The Bertz CT molecular complexity index is 736. The van der Waals surface area contributed by atoms with E-state index in [0.717, 1.165) is 26.7 Å². The highest BCUT2D eigenvalue weighted by molar-refractivity contribution is 9.10. The molecular weight excluding hydrogens is 314 g/mol. The van der Waals surface area contributed by atoms with Crippen LogP contribution in [0, 0.1) is 6.92 Å². The number of benzene rings is 2. The van der Waals surface area contributed by atoms with Gasteiger partial charge in [-0.3, -0.25) is 0 Å². The molecule has 90 valence electrons. The Balaban J connectivity index is 2.16. The maximum atomic E-state index is 6.07. The van der Waals surface area contributed by atoms with E-state index < -0.39 is 0 Å². The summed E-state index contributed by atoms with van der Waals surface area (Å²) in [6.45, 7) is 2.03. The maximum absolute atomic E-state index is 6.07. The molecule has 0 radical (unpaired) electrons. The molecule has 0 spiro atoms. The average molecular weight is 323 g/mol. The Morgan fingerprint density at radius 1 is 1.17 bits per heavy atom. The molecule has 0 unspecified atom stereocenters. The van der Waals surface area contributed by atoms with Crippen LogP contribution in [0.2, 0.25) is 5.02 Å². The van der Waals surface area contributed by atoms with Gasteiger partial charge in [0.25, 0.3) is 0 Å². The van der Waals surface area contributed by atoms with Crippen molar-refractivity contribution in [3.05, 3.63) is 51.5 Å². The fourth-order valence-electron chi connectivity index (χ4n) is 1.79. The first-order valence-electron chi connectivity index (χ1n) is 5.46. The molecule has 0 bridgehead atoms. The molecule has 0 saturated heterocycles. The summed E-state index contributed by atoms with van der Waals surface area (Å²) in [6.07, 6.45) is 0. The topological polar surface area (TPSA) is 26.0 Å². The van der Waals surface area contributed by atoms with Crippen LogP contribution in [-0.2, 0) is 0 Å². The van der Waals surface area contributed by atoms with Crippen molar-refractivity contribution in [2.45, 2.75) is 6.92 Å². The normalized spacial score (nSPS) is 11.1. The highest BCUT2D eigenvalue weighted by Gasteiger charge is 2.09. The quantitative estimate of drug-likeness (QED) is 0.614. The minimum Gasteiger partial charge on any atom is -0.436 e. The number of fused-ring (bicyclic) bond motifs is 1. The zero-order chi connectivity index (χ0) is 12.7. The molecular formula is C14H9BrClNO. The standard InChI is InChI=1S/C14H9BrClNO/c1-8-2-5-13-12(6-8)17-14(18-13)9-3-4-10(15)11(16)7-9/h2-7H,1H3. The Labute approximate surface area is 118 Å². The summed E-state index contributed by atoms with van der Waals surface area (Å²) in [5, 5.41) is 0.644. The summed E-state index contributed by atoms with van der Waals surface area (Å²) < 4.78 is 6.58. The van der Waals surface area contributed by atoms with Crippen LogP contribution >= 0.6 is 27.5 Å². The van der Waals surface area contributed by atoms with Crippen LogP contribution in [-0.4, -0.2) is 4.98 Å². The minimum atomic E-state index is 0.588. The lowest BCUT2D eigenvalue weighted by atomic mass is 10.2. The van der Waals surface area contributed by atoms with Crippen LogP contribution < -0.4 is 0 Å². The first kappa shape index (κ1) is 11.8. The summed E-state index contributed by atoms with van der Waals surface area (Å²) in [5.41, 5.74) is 3.69. The first-order chi connectivity index (χ1) is 8.63. The third-order valence-electron chi connectivity index (χ3n) is 2.71. The SMILES string of the molecule is Cc1ccc2oc(-c3ccc(Br)c(Cl)c3)nc2c1. The van der Waals surface area contributed by atoms with Gasteiger partial charge in [0.15, 0.2) is 5.58 Å². The van der Waals surface area contributed by atoms with Gasteiger partial charge in [0, 0.05) is 10.0 Å². The lowest BCUT2D eigenvalue weighted by Gasteiger charge is -1.98. The number of hydrogen-bond acceptors (Lipinski definition) is 2. The third kappa shape index (κ3) is 2.04. The molecule has 1 aromatic heterocycles. The van der Waals surface area contributed by atoms with Crippen molar-refractivity contribution < 1.29 is 4.42 Å². The van der Waals surface area contributed by atoms with Crippen LogP contribution in [0.15, 0.2) is 45.3 Å². The van der Waals surface area contributed by atoms with Crippen molar-refractivity contribution in [3.8, 4) is 11.5 Å². The molecule has 0 aliphatic rings. The van der Waals surface area contributed by atoms with Gasteiger partial charge in [-0.25, -0.2) is 4.98 Å². The second-order valence-corrected chi connectivity index (χ2v) is 5.38. The molecule has 0 fully saturated rings. The predicted molar refractivity (Wildman–Crippen MR) is 76.9 cm³/mol. The van der Waals surface area contributed by atoms with Crippen LogP contribution in [0.5, 0.6) is 0 Å². The Hall–Kier alpha value is -1.32. The Kier molecular flexibility index (Phi) is 2.88. The van der Waals surface area contributed by atoms with Crippen LogP contribution in [0.1, 0.15) is 5.56 Å². The Morgan fingerprint density at radius 3 is 2.78 bits per heavy atom. The van der Waals surface area contributed by atoms with Gasteiger partial charge in [0.1, 0.15) is 5.52 Å². The second-order valence-electron chi connectivity index (χ2n) is 4.12. The zero-order valence-electron chi connectivity index (χ0n) is 9.58. The van der Waals surface area contributed by atoms with E-state index in [1.807, 2.05) is 43.3 Å². The molecule has 0 aliphatic heterocycles. The van der Waals surface area contributed by atoms with E-state index in [0.29, 0.717) is 10.9 Å². The molecule has 0 saturated carbocycles. The number of hydrogen-bond donors (Lipinski definition) is 0. The molecule has 0 aliphatic carbocycles. The van der Waals surface area contributed by atoms with E-state index >= 15 is 0 Å². The van der Waals surface area contributed by atoms with Crippen molar-refractivity contribution in [1.29, 1.82) is 0 Å². The molecule has 0 N–H and O–H groups in total. The molecule has 18 heavy (non-hydrogen) atoms. The smallest absolute Gasteiger partial charge is 0.227 e. The first-order valence-corrected chi connectivity index (χ1v) is 6.63. The van der Waals surface area contributed by atoms with Gasteiger partial charge in [-0.05, 0) is 58.7 Å². The number of halogens is 2. The highest BCUT2D eigenvalue weighted by Crippen LogP contribution is 2.30. The maximum Gasteiger partial charge on any atom is 0.227 e. The van der Waals surface area contributed by atoms with E-state index in [4.69, 9.17) is 16.0 Å². The van der Waals surface area contributed by atoms with Crippen LogP contribution in [0.4, 0.5) is 0 Å². The van der Waals surface area contributed by atoms with Gasteiger partial charge in [-0.1, -0.05) is 17.7 Å². The number of nitrogens with zero attached hydrogens (tertiary/aromatic N) is 1. The predicted octanol–water partition coefficient (Wildman–Crippen LogP) is 5.22. The largest absolute Gasteiger partial charge is 0.436 e. The van der Waals surface area contributed by atoms with Gasteiger partial charge >= 0.3 is 0 Å². The minimum absolute atomic E-state index is 0.588. The molecule has 3 aromatic rings. The third-order valence-corrected chi connectivity index (χ3v) is 3.94. The highest BCUT2D eigenvalue weighted by atomic mass is 79.9. The molecule has 2 aromatic carbocycles. The lowest BCUT2D eigenvalue weighted by molar-refractivity contribution is 0.620. The van der Waals surface area contributed by atoms with Crippen molar-refractivity contribution in [3.63, 3.8) is 0 Å². The number of aryl methyl sites for hydroxylation is 1. The van der Waals surface area contributed by atoms with E-state index in [1.54, 1.807) is 0 Å². The van der Waals surface area contributed by atoms with Gasteiger partial charge in [0.2, 0.25) is 5.89 Å².